The lowest BCUT2D eigenvalue weighted by atomic mass is 10.0. The molecule has 2 N–H and O–H groups in total. The predicted octanol–water partition coefficient (Wildman–Crippen LogP) is 3.18. The van der Waals surface area contributed by atoms with Gasteiger partial charge in [0.2, 0.25) is 0 Å². The van der Waals surface area contributed by atoms with Crippen LogP contribution in [0.1, 0.15) is 22.9 Å². The van der Waals surface area contributed by atoms with Crippen LogP contribution in [-0.4, -0.2) is 4.98 Å². The number of para-hydroxylation sites is 1. The van der Waals surface area contributed by atoms with Crippen molar-refractivity contribution in [2.24, 2.45) is 5.73 Å². The van der Waals surface area contributed by atoms with Gasteiger partial charge in [-0.05, 0) is 30.7 Å². The van der Waals surface area contributed by atoms with Crippen LogP contribution in [0.2, 0.25) is 0 Å². The second-order valence-corrected chi connectivity index (χ2v) is 4.37. The Hall–Kier alpha value is -2.13. The third-order valence-corrected chi connectivity index (χ3v) is 3.20. The summed E-state index contributed by atoms with van der Waals surface area (Å²) in [5, 5.41) is 1.10. The summed E-state index contributed by atoms with van der Waals surface area (Å²) in [6, 6.07) is 11.8. The molecule has 0 amide bonds. The quantitative estimate of drug-likeness (QED) is 0.746. The average molecular weight is 238 g/mol. The van der Waals surface area contributed by atoms with Crippen molar-refractivity contribution in [3.63, 3.8) is 0 Å². The molecule has 0 aliphatic rings. The molecule has 3 rings (SSSR count). The highest BCUT2D eigenvalue weighted by atomic mass is 16.3. The number of hydrogen-bond donors (Lipinski definition) is 1. The van der Waals surface area contributed by atoms with Crippen molar-refractivity contribution in [2.45, 2.75) is 13.0 Å². The average Bonchev–Trinajstić information content (AvgIpc) is 2.83. The number of nitrogens with zero attached hydrogens (tertiary/aromatic N) is 1. The number of rotatable bonds is 2. The van der Waals surface area contributed by atoms with Crippen LogP contribution in [0.15, 0.2) is 53.3 Å². The number of hydrogen-bond acceptors (Lipinski definition) is 3. The zero-order valence-electron chi connectivity index (χ0n) is 10.1. The van der Waals surface area contributed by atoms with Crippen LogP contribution in [0.5, 0.6) is 0 Å². The summed E-state index contributed by atoms with van der Waals surface area (Å²) in [5.41, 5.74) is 9.24. The summed E-state index contributed by atoms with van der Waals surface area (Å²) in [7, 11) is 0. The summed E-state index contributed by atoms with van der Waals surface area (Å²) in [6.45, 7) is 1.92. The molecule has 3 nitrogen and oxygen atoms in total. The fraction of sp³-hybridized carbons (Fsp3) is 0.133. The van der Waals surface area contributed by atoms with Gasteiger partial charge < -0.3 is 10.2 Å². The van der Waals surface area contributed by atoms with Crippen molar-refractivity contribution in [1.82, 2.24) is 4.98 Å². The highest BCUT2D eigenvalue weighted by Gasteiger charge is 2.14. The lowest BCUT2D eigenvalue weighted by Gasteiger charge is -2.11. The molecular formula is C15H14N2O. The molecule has 2 aromatic heterocycles. The van der Waals surface area contributed by atoms with Gasteiger partial charge in [-0.25, -0.2) is 0 Å². The van der Waals surface area contributed by atoms with E-state index in [0.29, 0.717) is 0 Å². The van der Waals surface area contributed by atoms with Crippen molar-refractivity contribution < 1.29 is 4.42 Å². The summed E-state index contributed by atoms with van der Waals surface area (Å²) in [5.74, 6) is 0.857. The monoisotopic (exact) mass is 238 g/mol. The lowest BCUT2D eigenvalue weighted by molar-refractivity contribution is 0.527. The highest BCUT2D eigenvalue weighted by molar-refractivity contribution is 5.78. The molecule has 1 atom stereocenters. The zero-order chi connectivity index (χ0) is 12.5. The molecule has 0 saturated carbocycles. The zero-order valence-corrected chi connectivity index (χ0v) is 10.1. The first-order valence-electron chi connectivity index (χ1n) is 5.90. The van der Waals surface area contributed by atoms with E-state index in [9.17, 15) is 0 Å². The molecule has 3 heteroatoms. The lowest BCUT2D eigenvalue weighted by Crippen LogP contribution is -2.12. The molecule has 0 saturated heterocycles. The molecule has 0 spiro atoms. The number of benzene rings is 1. The molecule has 1 aromatic carbocycles. The van der Waals surface area contributed by atoms with Crippen LogP contribution in [0.4, 0.5) is 0 Å². The van der Waals surface area contributed by atoms with Gasteiger partial charge in [0.15, 0.2) is 0 Å². The second-order valence-electron chi connectivity index (χ2n) is 4.37. The third-order valence-electron chi connectivity index (χ3n) is 3.20. The summed E-state index contributed by atoms with van der Waals surface area (Å²) < 4.78 is 5.29. The van der Waals surface area contributed by atoms with Crippen molar-refractivity contribution in [3.05, 3.63) is 65.7 Å². The molecule has 0 aliphatic carbocycles. The molecule has 0 fully saturated rings. The van der Waals surface area contributed by atoms with Gasteiger partial charge in [0.05, 0.1) is 17.8 Å². The number of furan rings is 1. The molecule has 2 heterocycles. The van der Waals surface area contributed by atoms with Gasteiger partial charge in [0.25, 0.3) is 0 Å². The van der Waals surface area contributed by atoms with Crippen molar-refractivity contribution in [3.8, 4) is 0 Å². The predicted molar refractivity (Wildman–Crippen MR) is 71.2 cm³/mol. The van der Waals surface area contributed by atoms with Crippen LogP contribution in [0.3, 0.4) is 0 Å². The molecule has 3 aromatic rings. The van der Waals surface area contributed by atoms with E-state index < -0.39 is 0 Å². The minimum Gasteiger partial charge on any atom is -0.469 e. The first-order valence-corrected chi connectivity index (χ1v) is 5.90. The van der Waals surface area contributed by atoms with E-state index in [-0.39, 0.29) is 6.04 Å². The van der Waals surface area contributed by atoms with Gasteiger partial charge in [-0.2, -0.15) is 0 Å². The van der Waals surface area contributed by atoms with E-state index in [2.05, 4.69) is 11.1 Å². The smallest absolute Gasteiger partial charge is 0.105 e. The van der Waals surface area contributed by atoms with Gasteiger partial charge in [0, 0.05) is 17.1 Å². The normalized spacial score (nSPS) is 12.8. The van der Waals surface area contributed by atoms with E-state index in [4.69, 9.17) is 10.2 Å². The Bertz CT molecular complexity index is 688. The minimum atomic E-state index is -0.194. The van der Waals surface area contributed by atoms with Gasteiger partial charge in [0.1, 0.15) is 5.76 Å². The number of aryl methyl sites for hydroxylation is 1. The maximum Gasteiger partial charge on any atom is 0.105 e. The van der Waals surface area contributed by atoms with E-state index in [1.165, 1.54) is 0 Å². The molecule has 18 heavy (non-hydrogen) atoms. The topological polar surface area (TPSA) is 52.0 Å². The van der Waals surface area contributed by atoms with Gasteiger partial charge in [-0.3, -0.25) is 4.98 Å². The Kier molecular flexibility index (Phi) is 2.61. The number of nitrogens with two attached hydrogens (primary N) is 1. The SMILES string of the molecule is Cc1occc1C(N)c1cnc2ccccc2c1. The molecular weight excluding hydrogens is 224 g/mol. The fourth-order valence-corrected chi connectivity index (χ4v) is 2.16. The number of aromatic nitrogens is 1. The first-order chi connectivity index (χ1) is 8.75. The van der Waals surface area contributed by atoms with Crippen molar-refractivity contribution in [2.75, 3.05) is 0 Å². The Balaban J connectivity index is 2.07. The molecule has 90 valence electrons. The van der Waals surface area contributed by atoms with Crippen molar-refractivity contribution >= 4 is 10.9 Å². The fourth-order valence-electron chi connectivity index (χ4n) is 2.16. The van der Waals surface area contributed by atoms with Gasteiger partial charge in [-0.15, -0.1) is 0 Å². The maximum atomic E-state index is 6.25. The summed E-state index contributed by atoms with van der Waals surface area (Å²) in [6.07, 6.45) is 3.50. The third kappa shape index (κ3) is 1.79. The maximum absolute atomic E-state index is 6.25. The summed E-state index contributed by atoms with van der Waals surface area (Å²) >= 11 is 0. The van der Waals surface area contributed by atoms with Crippen LogP contribution in [0, 0.1) is 6.92 Å². The molecule has 0 radical (unpaired) electrons. The molecule has 0 aliphatic heterocycles. The van der Waals surface area contributed by atoms with E-state index in [0.717, 1.165) is 27.8 Å². The van der Waals surface area contributed by atoms with Crippen LogP contribution in [-0.2, 0) is 0 Å². The van der Waals surface area contributed by atoms with Gasteiger partial charge in [-0.1, -0.05) is 18.2 Å². The van der Waals surface area contributed by atoms with Crippen LogP contribution < -0.4 is 5.73 Å². The Morgan fingerprint density at radius 3 is 2.83 bits per heavy atom. The van der Waals surface area contributed by atoms with Crippen LogP contribution >= 0.6 is 0 Å². The first kappa shape index (κ1) is 11.0. The minimum absolute atomic E-state index is 0.194. The van der Waals surface area contributed by atoms with Gasteiger partial charge >= 0.3 is 0 Å². The number of pyridine rings is 1. The van der Waals surface area contributed by atoms with E-state index in [1.54, 1.807) is 6.26 Å². The Morgan fingerprint density at radius 1 is 1.22 bits per heavy atom. The number of fused-ring (bicyclic) bond motifs is 1. The van der Waals surface area contributed by atoms with E-state index >= 15 is 0 Å². The highest BCUT2D eigenvalue weighted by Crippen LogP contribution is 2.25. The summed E-state index contributed by atoms with van der Waals surface area (Å²) in [4.78, 5) is 4.43. The second kappa shape index (κ2) is 4.27. The van der Waals surface area contributed by atoms with Crippen molar-refractivity contribution in [1.29, 1.82) is 0 Å². The largest absolute Gasteiger partial charge is 0.469 e. The molecule has 1 unspecified atom stereocenters. The molecule has 0 bridgehead atoms. The van der Waals surface area contributed by atoms with Crippen LogP contribution in [0.25, 0.3) is 10.9 Å². The van der Waals surface area contributed by atoms with E-state index in [1.807, 2.05) is 43.5 Å². The Morgan fingerprint density at radius 2 is 2.06 bits per heavy atom. The Labute approximate surface area is 105 Å². The standard InChI is InChI=1S/C15H14N2O/c1-10-13(6-7-18-10)15(16)12-8-11-4-2-3-5-14(11)17-9-12/h2-9,15H,16H2,1H3.